The molecule has 29 heavy (non-hydrogen) atoms. The standard InChI is InChI=1S/C24H16N4S/c25-14-18-15-27-24-21(13-20(29-24)8-6-16-4-2-1-3-5-16)23(18)28-19-7-9-22-17(12-19)10-11-26-22/h1-13,15,26H,(H,27,28)/b8-6+. The molecule has 0 fully saturated rings. The largest absolute Gasteiger partial charge is 0.361 e. The monoisotopic (exact) mass is 392 g/mol. The van der Waals surface area contributed by atoms with E-state index in [2.05, 4.69) is 57.8 Å². The molecule has 4 nitrogen and oxygen atoms in total. The van der Waals surface area contributed by atoms with Gasteiger partial charge in [-0.25, -0.2) is 4.98 Å². The van der Waals surface area contributed by atoms with Crippen molar-refractivity contribution in [2.24, 2.45) is 0 Å². The molecule has 0 aliphatic heterocycles. The fraction of sp³-hybridized carbons (Fsp3) is 0. The van der Waals surface area contributed by atoms with Gasteiger partial charge in [-0.1, -0.05) is 36.4 Å². The molecule has 0 atom stereocenters. The number of nitrogens with one attached hydrogen (secondary N) is 2. The lowest BCUT2D eigenvalue weighted by Gasteiger charge is -2.09. The Hall–Kier alpha value is -3.88. The molecule has 5 rings (SSSR count). The molecule has 3 heterocycles. The van der Waals surface area contributed by atoms with Crippen LogP contribution in [0.5, 0.6) is 0 Å². The zero-order valence-corrected chi connectivity index (χ0v) is 16.2. The maximum Gasteiger partial charge on any atom is 0.125 e. The van der Waals surface area contributed by atoms with Crippen LogP contribution in [0.2, 0.25) is 0 Å². The first kappa shape index (κ1) is 17.2. The van der Waals surface area contributed by atoms with Gasteiger partial charge in [-0.2, -0.15) is 5.26 Å². The first-order chi connectivity index (χ1) is 14.3. The van der Waals surface area contributed by atoms with E-state index in [4.69, 9.17) is 0 Å². The smallest absolute Gasteiger partial charge is 0.125 e. The zero-order valence-electron chi connectivity index (χ0n) is 15.4. The van der Waals surface area contributed by atoms with Crippen molar-refractivity contribution >= 4 is 56.0 Å². The Morgan fingerprint density at radius 1 is 1.03 bits per heavy atom. The van der Waals surface area contributed by atoms with Crippen molar-refractivity contribution in [3.63, 3.8) is 0 Å². The highest BCUT2D eigenvalue weighted by Gasteiger charge is 2.12. The summed E-state index contributed by atoms with van der Waals surface area (Å²) in [5, 5.41) is 15.1. The number of benzene rings is 2. The molecule has 2 aromatic carbocycles. The summed E-state index contributed by atoms with van der Waals surface area (Å²) in [6.45, 7) is 0. The van der Waals surface area contributed by atoms with Crippen LogP contribution in [-0.4, -0.2) is 9.97 Å². The molecule has 0 unspecified atom stereocenters. The maximum absolute atomic E-state index is 9.61. The Morgan fingerprint density at radius 3 is 2.79 bits per heavy atom. The number of aromatic nitrogens is 2. The molecule has 0 bridgehead atoms. The number of aromatic amines is 1. The summed E-state index contributed by atoms with van der Waals surface area (Å²) in [6, 6.07) is 22.7. The topological polar surface area (TPSA) is 64.5 Å². The Labute approximate surface area is 171 Å². The number of nitrogens with zero attached hydrogens (tertiary/aromatic N) is 2. The number of fused-ring (bicyclic) bond motifs is 2. The van der Waals surface area contributed by atoms with Gasteiger partial charge in [0.2, 0.25) is 0 Å². The molecule has 2 N–H and O–H groups in total. The molecular weight excluding hydrogens is 376 g/mol. The highest BCUT2D eigenvalue weighted by atomic mass is 32.1. The summed E-state index contributed by atoms with van der Waals surface area (Å²) < 4.78 is 0. The molecule has 138 valence electrons. The highest BCUT2D eigenvalue weighted by molar-refractivity contribution is 7.19. The van der Waals surface area contributed by atoms with Crippen LogP contribution in [0.3, 0.4) is 0 Å². The van der Waals surface area contributed by atoms with E-state index in [-0.39, 0.29) is 0 Å². The third-order valence-electron chi connectivity index (χ3n) is 4.76. The van der Waals surface area contributed by atoms with Crippen LogP contribution >= 0.6 is 11.3 Å². The van der Waals surface area contributed by atoms with Crippen LogP contribution in [-0.2, 0) is 0 Å². The minimum absolute atomic E-state index is 0.531. The summed E-state index contributed by atoms with van der Waals surface area (Å²) in [6.07, 6.45) is 7.73. The minimum Gasteiger partial charge on any atom is -0.361 e. The normalized spacial score (nSPS) is 11.3. The number of H-pyrrole nitrogens is 1. The summed E-state index contributed by atoms with van der Waals surface area (Å²) in [4.78, 5) is 9.68. The molecule has 0 aliphatic carbocycles. The van der Waals surface area contributed by atoms with Gasteiger partial charge in [0.15, 0.2) is 0 Å². The van der Waals surface area contributed by atoms with Gasteiger partial charge in [0.05, 0.1) is 11.3 Å². The number of nitriles is 1. The van der Waals surface area contributed by atoms with Gasteiger partial charge in [0, 0.05) is 39.2 Å². The van der Waals surface area contributed by atoms with E-state index >= 15 is 0 Å². The van der Waals surface area contributed by atoms with Crippen LogP contribution in [0.15, 0.2) is 73.1 Å². The second-order valence-corrected chi connectivity index (χ2v) is 7.74. The second-order valence-electron chi connectivity index (χ2n) is 6.67. The lowest BCUT2D eigenvalue weighted by atomic mass is 10.1. The highest BCUT2D eigenvalue weighted by Crippen LogP contribution is 2.35. The molecule has 3 aromatic heterocycles. The third kappa shape index (κ3) is 3.38. The van der Waals surface area contributed by atoms with E-state index in [0.29, 0.717) is 5.56 Å². The van der Waals surface area contributed by atoms with E-state index in [9.17, 15) is 5.26 Å². The molecule has 0 amide bonds. The number of hydrogen-bond donors (Lipinski definition) is 2. The number of hydrogen-bond acceptors (Lipinski definition) is 4. The molecule has 0 aliphatic rings. The molecule has 0 saturated carbocycles. The molecule has 5 heteroatoms. The Morgan fingerprint density at radius 2 is 1.93 bits per heavy atom. The first-order valence-electron chi connectivity index (χ1n) is 9.20. The van der Waals surface area contributed by atoms with Gasteiger partial charge in [0.1, 0.15) is 10.9 Å². The van der Waals surface area contributed by atoms with Crippen molar-refractivity contribution in [2.75, 3.05) is 5.32 Å². The van der Waals surface area contributed by atoms with Gasteiger partial charge < -0.3 is 10.3 Å². The van der Waals surface area contributed by atoms with Crippen LogP contribution < -0.4 is 5.32 Å². The van der Waals surface area contributed by atoms with E-state index < -0.39 is 0 Å². The maximum atomic E-state index is 9.61. The Bertz CT molecular complexity index is 1390. The van der Waals surface area contributed by atoms with E-state index in [1.165, 1.54) is 0 Å². The summed E-state index contributed by atoms with van der Waals surface area (Å²) >= 11 is 1.61. The molecule has 0 spiro atoms. The van der Waals surface area contributed by atoms with Crippen LogP contribution in [0.1, 0.15) is 16.0 Å². The molecular formula is C24H16N4S. The molecule has 5 aromatic rings. The zero-order chi connectivity index (χ0) is 19.6. The summed E-state index contributed by atoms with van der Waals surface area (Å²) in [5.74, 6) is 0. The van der Waals surface area contributed by atoms with Crippen molar-refractivity contribution in [1.29, 1.82) is 5.26 Å². The Balaban J connectivity index is 1.55. The Kier molecular flexibility index (Phi) is 4.32. The van der Waals surface area contributed by atoms with Crippen molar-refractivity contribution in [3.8, 4) is 6.07 Å². The second kappa shape index (κ2) is 7.27. The van der Waals surface area contributed by atoms with Gasteiger partial charge in [-0.05, 0) is 42.0 Å². The average Bonchev–Trinajstić information content (AvgIpc) is 3.39. The van der Waals surface area contributed by atoms with E-state index in [1.54, 1.807) is 17.5 Å². The summed E-state index contributed by atoms with van der Waals surface area (Å²) in [7, 11) is 0. The van der Waals surface area contributed by atoms with Crippen molar-refractivity contribution < 1.29 is 0 Å². The average molecular weight is 392 g/mol. The molecule has 0 radical (unpaired) electrons. The quantitative estimate of drug-likeness (QED) is 0.364. The molecule has 0 saturated heterocycles. The number of rotatable bonds is 4. The summed E-state index contributed by atoms with van der Waals surface area (Å²) in [5.41, 5.74) is 4.49. The van der Waals surface area contributed by atoms with Crippen molar-refractivity contribution in [2.45, 2.75) is 0 Å². The first-order valence-corrected chi connectivity index (χ1v) is 10.0. The van der Waals surface area contributed by atoms with Crippen LogP contribution in [0, 0.1) is 11.3 Å². The fourth-order valence-corrected chi connectivity index (χ4v) is 4.24. The van der Waals surface area contributed by atoms with Crippen LogP contribution in [0.4, 0.5) is 11.4 Å². The van der Waals surface area contributed by atoms with E-state index in [1.807, 2.05) is 42.6 Å². The van der Waals surface area contributed by atoms with E-state index in [0.717, 1.165) is 42.9 Å². The fourth-order valence-electron chi connectivity index (χ4n) is 3.33. The van der Waals surface area contributed by atoms with Crippen molar-refractivity contribution in [1.82, 2.24) is 9.97 Å². The number of anilines is 2. The van der Waals surface area contributed by atoms with Gasteiger partial charge in [-0.3, -0.25) is 0 Å². The van der Waals surface area contributed by atoms with Crippen molar-refractivity contribution in [3.05, 3.63) is 89.1 Å². The number of pyridine rings is 1. The predicted octanol–water partition coefficient (Wildman–Crippen LogP) is 6.56. The van der Waals surface area contributed by atoms with Gasteiger partial charge in [-0.15, -0.1) is 11.3 Å². The minimum atomic E-state index is 0.531. The lowest BCUT2D eigenvalue weighted by Crippen LogP contribution is -1.95. The predicted molar refractivity (Wildman–Crippen MR) is 121 cm³/mol. The van der Waals surface area contributed by atoms with Crippen LogP contribution in [0.25, 0.3) is 33.3 Å². The number of thiophene rings is 1. The van der Waals surface area contributed by atoms with Gasteiger partial charge in [0.25, 0.3) is 0 Å². The SMILES string of the molecule is N#Cc1cnc2sc(/C=C/c3ccccc3)cc2c1Nc1ccc2[nH]ccc2c1. The lowest BCUT2D eigenvalue weighted by molar-refractivity contribution is 1.38. The third-order valence-corrected chi connectivity index (χ3v) is 5.77. The van der Waals surface area contributed by atoms with Gasteiger partial charge >= 0.3 is 0 Å².